The van der Waals surface area contributed by atoms with Gasteiger partial charge in [0.15, 0.2) is 5.78 Å². The highest BCUT2D eigenvalue weighted by atomic mass is 16.3. The van der Waals surface area contributed by atoms with Gasteiger partial charge in [0.1, 0.15) is 0 Å². The van der Waals surface area contributed by atoms with Crippen LogP contribution in [0.2, 0.25) is 0 Å². The standard InChI is InChI=1S/C19H26O2/c1-18-7-3-4-14(18)13-11-17(21)16-10-12(20)5-9-19(16,2)15(13)6-8-18/h3,7,10,13-15,17,21H,4-6,8-9,11H2,1-2H3/t13-,14-,15-,17+,18-,19+/m0/s1. The number of carbonyl (C=O) groups is 1. The van der Waals surface area contributed by atoms with Gasteiger partial charge in [0.05, 0.1) is 6.10 Å². The van der Waals surface area contributed by atoms with Gasteiger partial charge in [0.25, 0.3) is 0 Å². The number of carbonyl (C=O) groups excluding carboxylic acids is 1. The lowest BCUT2D eigenvalue weighted by Gasteiger charge is -2.58. The lowest BCUT2D eigenvalue weighted by molar-refractivity contribution is -0.118. The number of rotatable bonds is 0. The van der Waals surface area contributed by atoms with Gasteiger partial charge in [-0.05, 0) is 72.3 Å². The first kappa shape index (κ1) is 13.8. The molecule has 0 bridgehead atoms. The van der Waals surface area contributed by atoms with E-state index in [1.165, 1.54) is 19.3 Å². The van der Waals surface area contributed by atoms with Gasteiger partial charge in [-0.3, -0.25) is 4.79 Å². The first-order valence-electron chi connectivity index (χ1n) is 8.55. The second-order valence-electron chi connectivity index (χ2n) is 8.29. The third-order valence-corrected chi connectivity index (χ3v) is 7.30. The van der Waals surface area contributed by atoms with Gasteiger partial charge in [-0.2, -0.15) is 0 Å². The van der Waals surface area contributed by atoms with Crippen LogP contribution < -0.4 is 0 Å². The minimum absolute atomic E-state index is 0.0557. The quantitative estimate of drug-likeness (QED) is 0.690. The lowest BCUT2D eigenvalue weighted by Crippen LogP contribution is -2.53. The van der Waals surface area contributed by atoms with Gasteiger partial charge in [-0.1, -0.05) is 26.0 Å². The predicted octanol–water partition coefficient (Wildman–Crippen LogP) is 3.66. The molecule has 1 N–H and O–H groups in total. The average molecular weight is 286 g/mol. The van der Waals surface area contributed by atoms with E-state index in [1.54, 1.807) is 6.08 Å². The van der Waals surface area contributed by atoms with Crippen molar-refractivity contribution in [3.63, 3.8) is 0 Å². The third-order valence-electron chi connectivity index (χ3n) is 7.30. The van der Waals surface area contributed by atoms with Crippen molar-refractivity contribution in [1.82, 2.24) is 0 Å². The van der Waals surface area contributed by atoms with Crippen LogP contribution in [0.1, 0.15) is 52.4 Å². The highest BCUT2D eigenvalue weighted by molar-refractivity contribution is 5.91. The summed E-state index contributed by atoms with van der Waals surface area (Å²) < 4.78 is 0. The zero-order chi connectivity index (χ0) is 14.8. The monoisotopic (exact) mass is 286 g/mol. The second kappa shape index (κ2) is 4.32. The molecule has 0 aromatic carbocycles. The van der Waals surface area contributed by atoms with E-state index in [0.29, 0.717) is 29.6 Å². The van der Waals surface area contributed by atoms with Crippen LogP contribution in [0.4, 0.5) is 0 Å². The van der Waals surface area contributed by atoms with Crippen molar-refractivity contribution >= 4 is 5.78 Å². The summed E-state index contributed by atoms with van der Waals surface area (Å²) in [6.45, 7) is 4.72. The van der Waals surface area contributed by atoms with E-state index in [2.05, 4.69) is 26.0 Å². The Kier molecular flexibility index (Phi) is 2.83. The topological polar surface area (TPSA) is 37.3 Å². The molecule has 0 amide bonds. The molecule has 0 saturated heterocycles. The van der Waals surface area contributed by atoms with Crippen molar-refractivity contribution < 1.29 is 9.90 Å². The molecule has 0 aromatic heterocycles. The molecule has 2 heteroatoms. The van der Waals surface area contributed by atoms with Crippen molar-refractivity contribution in [2.45, 2.75) is 58.5 Å². The summed E-state index contributed by atoms with van der Waals surface area (Å²) in [5.41, 5.74) is 1.46. The van der Waals surface area contributed by atoms with Crippen molar-refractivity contribution in [1.29, 1.82) is 0 Å². The summed E-state index contributed by atoms with van der Waals surface area (Å²) in [6, 6.07) is 0. The van der Waals surface area contributed by atoms with Gasteiger partial charge < -0.3 is 5.11 Å². The number of aliphatic hydroxyl groups excluding tert-OH is 1. The summed E-state index contributed by atoms with van der Waals surface area (Å²) >= 11 is 0. The molecule has 4 aliphatic rings. The fourth-order valence-electron chi connectivity index (χ4n) is 6.09. The van der Waals surface area contributed by atoms with Gasteiger partial charge in [0, 0.05) is 6.42 Å². The summed E-state index contributed by atoms with van der Waals surface area (Å²) in [5, 5.41) is 10.7. The summed E-state index contributed by atoms with van der Waals surface area (Å²) in [5.74, 6) is 2.17. The summed E-state index contributed by atoms with van der Waals surface area (Å²) in [4.78, 5) is 11.8. The number of hydrogen-bond acceptors (Lipinski definition) is 2. The molecule has 0 spiro atoms. The first-order valence-corrected chi connectivity index (χ1v) is 8.55. The number of fused-ring (bicyclic) bond motifs is 5. The Balaban J connectivity index is 1.74. The molecule has 0 aromatic rings. The maximum atomic E-state index is 11.8. The van der Waals surface area contributed by atoms with E-state index in [1.807, 2.05) is 0 Å². The second-order valence-corrected chi connectivity index (χ2v) is 8.29. The smallest absolute Gasteiger partial charge is 0.155 e. The SMILES string of the molecule is C[C@@]12C=CC[C@H]1[C@@H]1C[C@@H](O)C3=CC(=O)CC[C@]3(C)[C@H]1CC2. The molecular formula is C19H26O2. The molecule has 2 fully saturated rings. The van der Waals surface area contributed by atoms with Crippen LogP contribution in [0.25, 0.3) is 0 Å². The molecule has 4 aliphatic carbocycles. The third kappa shape index (κ3) is 1.78. The Hall–Kier alpha value is -0.890. The number of ketones is 1. The van der Waals surface area contributed by atoms with Gasteiger partial charge in [-0.15, -0.1) is 0 Å². The molecule has 0 radical (unpaired) electrons. The fourth-order valence-corrected chi connectivity index (χ4v) is 6.09. The molecule has 2 saturated carbocycles. The molecule has 0 aliphatic heterocycles. The van der Waals surface area contributed by atoms with E-state index in [-0.39, 0.29) is 11.2 Å². The van der Waals surface area contributed by atoms with Crippen molar-refractivity contribution in [3.05, 3.63) is 23.8 Å². The van der Waals surface area contributed by atoms with Crippen LogP contribution in [-0.2, 0) is 4.79 Å². The van der Waals surface area contributed by atoms with E-state index < -0.39 is 6.10 Å². The van der Waals surface area contributed by atoms with Crippen LogP contribution in [-0.4, -0.2) is 17.0 Å². The molecule has 0 heterocycles. The van der Waals surface area contributed by atoms with Crippen LogP contribution >= 0.6 is 0 Å². The minimum Gasteiger partial charge on any atom is -0.389 e. The summed E-state index contributed by atoms with van der Waals surface area (Å²) in [6.07, 6.45) is 12.3. The molecule has 114 valence electrons. The molecule has 4 rings (SSSR count). The van der Waals surface area contributed by atoms with Crippen molar-refractivity contribution in [2.24, 2.45) is 28.6 Å². The van der Waals surface area contributed by atoms with Crippen LogP contribution in [0.5, 0.6) is 0 Å². The summed E-state index contributed by atoms with van der Waals surface area (Å²) in [7, 11) is 0. The van der Waals surface area contributed by atoms with E-state index >= 15 is 0 Å². The number of aliphatic hydroxyl groups is 1. The maximum absolute atomic E-state index is 11.8. The van der Waals surface area contributed by atoms with Crippen LogP contribution in [0.3, 0.4) is 0 Å². The predicted molar refractivity (Wildman–Crippen MR) is 82.6 cm³/mol. The highest BCUT2D eigenvalue weighted by Crippen LogP contribution is 2.63. The van der Waals surface area contributed by atoms with Crippen molar-refractivity contribution in [3.8, 4) is 0 Å². The molecule has 6 atom stereocenters. The van der Waals surface area contributed by atoms with Gasteiger partial charge in [-0.25, -0.2) is 0 Å². The zero-order valence-electron chi connectivity index (χ0n) is 13.1. The number of allylic oxidation sites excluding steroid dienone is 3. The van der Waals surface area contributed by atoms with Gasteiger partial charge in [0.2, 0.25) is 0 Å². The Labute approximate surface area is 127 Å². The number of hydrogen-bond donors (Lipinski definition) is 1. The Bertz CT molecular complexity index is 546. The van der Waals surface area contributed by atoms with Gasteiger partial charge >= 0.3 is 0 Å². The largest absolute Gasteiger partial charge is 0.389 e. The molecule has 2 nitrogen and oxygen atoms in total. The molecular weight excluding hydrogens is 260 g/mol. The molecule has 0 unspecified atom stereocenters. The fraction of sp³-hybridized carbons (Fsp3) is 0.737. The Morgan fingerprint density at radius 1 is 1.24 bits per heavy atom. The van der Waals surface area contributed by atoms with E-state index in [9.17, 15) is 9.90 Å². The zero-order valence-corrected chi connectivity index (χ0v) is 13.1. The normalized spacial score (nSPS) is 52.0. The Morgan fingerprint density at radius 3 is 2.86 bits per heavy atom. The average Bonchev–Trinajstić information content (AvgIpc) is 2.83. The first-order chi connectivity index (χ1) is 9.94. The lowest BCUT2D eigenvalue weighted by atomic mass is 9.47. The maximum Gasteiger partial charge on any atom is 0.155 e. The molecule has 21 heavy (non-hydrogen) atoms. The van der Waals surface area contributed by atoms with E-state index in [0.717, 1.165) is 18.4 Å². The Morgan fingerprint density at radius 2 is 2.05 bits per heavy atom. The minimum atomic E-state index is -0.400. The van der Waals surface area contributed by atoms with Crippen LogP contribution in [0, 0.1) is 28.6 Å². The van der Waals surface area contributed by atoms with Crippen molar-refractivity contribution in [2.75, 3.05) is 0 Å². The van der Waals surface area contributed by atoms with E-state index in [4.69, 9.17) is 0 Å². The van der Waals surface area contributed by atoms with Crippen LogP contribution in [0.15, 0.2) is 23.8 Å². The highest BCUT2D eigenvalue weighted by Gasteiger charge is 2.57.